The minimum Gasteiger partial charge on any atom is -0.314 e. The van der Waals surface area contributed by atoms with Gasteiger partial charge in [-0.2, -0.15) is 0 Å². The number of nitrogens with one attached hydrogen (secondary N) is 1. The summed E-state index contributed by atoms with van der Waals surface area (Å²) in [6, 6.07) is 11.6. The van der Waals surface area contributed by atoms with E-state index in [1.165, 1.54) is 57.4 Å². The van der Waals surface area contributed by atoms with Crippen LogP contribution in [0.3, 0.4) is 0 Å². The molecule has 2 heteroatoms. The maximum Gasteiger partial charge on any atom is 0.00915 e. The summed E-state index contributed by atoms with van der Waals surface area (Å²) in [5.41, 5.74) is 2.08. The molecule has 1 unspecified atom stereocenters. The van der Waals surface area contributed by atoms with Gasteiger partial charge in [0.15, 0.2) is 0 Å². The molecular formula is C19H30N2. The first-order valence-corrected chi connectivity index (χ1v) is 8.63. The molecule has 0 amide bonds. The monoisotopic (exact) mass is 286 g/mol. The van der Waals surface area contributed by atoms with Gasteiger partial charge in [0.05, 0.1) is 0 Å². The van der Waals surface area contributed by atoms with Gasteiger partial charge < -0.3 is 10.2 Å². The molecule has 1 saturated heterocycles. The minimum atomic E-state index is 0.614. The van der Waals surface area contributed by atoms with E-state index in [2.05, 4.69) is 54.4 Å². The van der Waals surface area contributed by atoms with E-state index in [1.54, 1.807) is 0 Å². The Balaban J connectivity index is 1.32. The topological polar surface area (TPSA) is 15.3 Å². The first kappa shape index (κ1) is 15.1. The van der Waals surface area contributed by atoms with E-state index in [4.69, 9.17) is 0 Å². The number of benzene rings is 1. The van der Waals surface area contributed by atoms with E-state index in [9.17, 15) is 0 Å². The molecule has 1 atom stereocenters. The summed E-state index contributed by atoms with van der Waals surface area (Å²) >= 11 is 0. The van der Waals surface area contributed by atoms with Crippen LogP contribution in [0, 0.1) is 11.3 Å². The van der Waals surface area contributed by atoms with Crippen LogP contribution in [0.2, 0.25) is 0 Å². The third kappa shape index (κ3) is 4.31. The molecule has 1 aromatic rings. The highest BCUT2D eigenvalue weighted by atomic mass is 15.1. The fourth-order valence-corrected chi connectivity index (χ4v) is 3.53. The van der Waals surface area contributed by atoms with Crippen molar-refractivity contribution in [2.75, 3.05) is 26.2 Å². The molecule has 0 radical (unpaired) electrons. The largest absolute Gasteiger partial charge is 0.314 e. The first-order chi connectivity index (χ1) is 10.1. The van der Waals surface area contributed by atoms with Crippen LogP contribution in [0.15, 0.2) is 30.3 Å². The first-order valence-electron chi connectivity index (χ1n) is 8.63. The highest BCUT2D eigenvalue weighted by molar-refractivity contribution is 5.14. The van der Waals surface area contributed by atoms with Gasteiger partial charge in [0.2, 0.25) is 0 Å². The van der Waals surface area contributed by atoms with Crippen molar-refractivity contribution in [1.29, 1.82) is 0 Å². The van der Waals surface area contributed by atoms with Crippen molar-refractivity contribution in [2.24, 2.45) is 11.3 Å². The summed E-state index contributed by atoms with van der Waals surface area (Å²) in [5, 5.41) is 3.81. The predicted molar refractivity (Wildman–Crippen MR) is 89.5 cm³/mol. The van der Waals surface area contributed by atoms with Crippen molar-refractivity contribution in [1.82, 2.24) is 10.2 Å². The van der Waals surface area contributed by atoms with Crippen molar-refractivity contribution in [3.05, 3.63) is 35.9 Å². The van der Waals surface area contributed by atoms with Gasteiger partial charge in [-0.05, 0) is 62.2 Å². The Labute approximate surface area is 129 Å². The van der Waals surface area contributed by atoms with Gasteiger partial charge in [-0.1, -0.05) is 44.2 Å². The standard InChI is InChI=1S/C19H30N2/c1-19(2)14-17(19)15-20-18-9-12-21(13-10-18)11-8-16-6-4-3-5-7-16/h3-7,17-18,20H,8-15H2,1-2H3. The fourth-order valence-electron chi connectivity index (χ4n) is 3.53. The molecule has 1 N–H and O–H groups in total. The molecule has 3 rings (SSSR count). The van der Waals surface area contributed by atoms with Gasteiger partial charge in [0, 0.05) is 12.6 Å². The second-order valence-corrected chi connectivity index (χ2v) is 7.65. The van der Waals surface area contributed by atoms with Crippen LogP contribution in [0.25, 0.3) is 0 Å². The van der Waals surface area contributed by atoms with E-state index in [0.29, 0.717) is 5.41 Å². The lowest BCUT2D eigenvalue weighted by molar-refractivity contribution is 0.198. The van der Waals surface area contributed by atoms with Crippen LogP contribution < -0.4 is 5.32 Å². The number of hydrogen-bond donors (Lipinski definition) is 1. The third-order valence-corrected chi connectivity index (χ3v) is 5.52. The van der Waals surface area contributed by atoms with Crippen LogP contribution in [-0.4, -0.2) is 37.1 Å². The Bertz CT molecular complexity index is 432. The molecule has 1 aliphatic heterocycles. The second-order valence-electron chi connectivity index (χ2n) is 7.65. The zero-order valence-electron chi connectivity index (χ0n) is 13.6. The summed E-state index contributed by atoms with van der Waals surface area (Å²) in [6.45, 7) is 9.77. The number of rotatable bonds is 6. The van der Waals surface area contributed by atoms with Crippen LogP contribution in [-0.2, 0) is 6.42 Å². The lowest BCUT2D eigenvalue weighted by atomic mass is 10.0. The van der Waals surface area contributed by atoms with E-state index in [-0.39, 0.29) is 0 Å². The number of piperidine rings is 1. The third-order valence-electron chi connectivity index (χ3n) is 5.52. The van der Waals surface area contributed by atoms with Crippen molar-refractivity contribution in [3.63, 3.8) is 0 Å². The Hall–Kier alpha value is -0.860. The summed E-state index contributed by atoms with van der Waals surface area (Å²) in [7, 11) is 0. The number of likely N-dealkylation sites (tertiary alicyclic amines) is 1. The van der Waals surface area contributed by atoms with E-state index >= 15 is 0 Å². The van der Waals surface area contributed by atoms with Gasteiger partial charge in [0.1, 0.15) is 0 Å². The average molecular weight is 286 g/mol. The number of hydrogen-bond acceptors (Lipinski definition) is 2. The van der Waals surface area contributed by atoms with Gasteiger partial charge in [-0.3, -0.25) is 0 Å². The highest BCUT2D eigenvalue weighted by Crippen LogP contribution is 2.51. The van der Waals surface area contributed by atoms with Crippen LogP contribution in [0.1, 0.15) is 38.7 Å². The Kier molecular flexibility index (Phi) is 4.66. The molecule has 1 heterocycles. The molecular weight excluding hydrogens is 256 g/mol. The van der Waals surface area contributed by atoms with Crippen LogP contribution in [0.4, 0.5) is 0 Å². The predicted octanol–water partition coefficient (Wildman–Crippen LogP) is 3.33. The smallest absolute Gasteiger partial charge is 0.00915 e. The van der Waals surface area contributed by atoms with Gasteiger partial charge >= 0.3 is 0 Å². The van der Waals surface area contributed by atoms with E-state index in [1.807, 2.05) is 0 Å². The molecule has 1 aliphatic carbocycles. The SMILES string of the molecule is CC1(C)CC1CNC1CCN(CCc2ccccc2)CC1. The molecule has 2 nitrogen and oxygen atoms in total. The fraction of sp³-hybridized carbons (Fsp3) is 0.684. The molecule has 0 spiro atoms. The Morgan fingerprint density at radius 3 is 2.43 bits per heavy atom. The molecule has 0 bridgehead atoms. The molecule has 1 saturated carbocycles. The average Bonchev–Trinajstić information content (AvgIpc) is 3.12. The summed E-state index contributed by atoms with van der Waals surface area (Å²) in [6.07, 6.45) is 5.25. The van der Waals surface area contributed by atoms with Crippen molar-refractivity contribution in [3.8, 4) is 0 Å². The van der Waals surface area contributed by atoms with Crippen LogP contribution >= 0.6 is 0 Å². The molecule has 116 valence electrons. The Morgan fingerprint density at radius 2 is 1.81 bits per heavy atom. The quantitative estimate of drug-likeness (QED) is 0.863. The van der Waals surface area contributed by atoms with E-state index in [0.717, 1.165) is 12.0 Å². The summed E-state index contributed by atoms with van der Waals surface area (Å²) in [4.78, 5) is 2.63. The lowest BCUT2D eigenvalue weighted by Gasteiger charge is -2.32. The Morgan fingerprint density at radius 1 is 1.14 bits per heavy atom. The zero-order chi connectivity index (χ0) is 14.7. The lowest BCUT2D eigenvalue weighted by Crippen LogP contribution is -2.43. The molecule has 1 aromatic carbocycles. The van der Waals surface area contributed by atoms with Gasteiger partial charge in [-0.25, -0.2) is 0 Å². The molecule has 0 aromatic heterocycles. The maximum atomic E-state index is 3.81. The van der Waals surface area contributed by atoms with Crippen LogP contribution in [0.5, 0.6) is 0 Å². The molecule has 2 fully saturated rings. The second kappa shape index (κ2) is 6.50. The van der Waals surface area contributed by atoms with Gasteiger partial charge in [-0.15, -0.1) is 0 Å². The highest BCUT2D eigenvalue weighted by Gasteiger charge is 2.45. The number of nitrogens with zero attached hydrogens (tertiary/aromatic N) is 1. The summed E-state index contributed by atoms with van der Waals surface area (Å²) in [5.74, 6) is 0.925. The van der Waals surface area contributed by atoms with E-state index < -0.39 is 0 Å². The van der Waals surface area contributed by atoms with Gasteiger partial charge in [0.25, 0.3) is 0 Å². The zero-order valence-corrected chi connectivity index (χ0v) is 13.6. The molecule has 21 heavy (non-hydrogen) atoms. The normalized spacial score (nSPS) is 25.9. The van der Waals surface area contributed by atoms with Crippen molar-refractivity contribution < 1.29 is 0 Å². The summed E-state index contributed by atoms with van der Waals surface area (Å²) < 4.78 is 0. The van der Waals surface area contributed by atoms with Crippen molar-refractivity contribution in [2.45, 2.75) is 45.6 Å². The van der Waals surface area contributed by atoms with Crippen molar-refractivity contribution >= 4 is 0 Å². The minimum absolute atomic E-state index is 0.614. The maximum absolute atomic E-state index is 3.81. The molecule has 2 aliphatic rings.